The van der Waals surface area contributed by atoms with Crippen LogP contribution in [0.1, 0.15) is 42.9 Å². The number of hydrogen-bond acceptors (Lipinski definition) is 4. The third-order valence-corrected chi connectivity index (χ3v) is 4.19. The maximum atomic E-state index is 12.1. The van der Waals surface area contributed by atoms with E-state index in [1.54, 1.807) is 6.92 Å². The first-order valence-electron chi connectivity index (χ1n) is 5.60. The van der Waals surface area contributed by atoms with E-state index in [1.165, 1.54) is 6.92 Å². The molecular weight excluding hydrogens is 258 g/mol. The molecule has 1 unspecified atom stereocenters. The number of aryl methyl sites for hydroxylation is 1. The van der Waals surface area contributed by atoms with Crippen LogP contribution in [0.4, 0.5) is 0 Å². The van der Waals surface area contributed by atoms with Gasteiger partial charge in [-0.25, -0.2) is 17.9 Å². The van der Waals surface area contributed by atoms with Gasteiger partial charge in [0, 0.05) is 6.04 Å². The molecule has 0 saturated carbocycles. The fourth-order valence-electron chi connectivity index (χ4n) is 1.71. The molecule has 1 aromatic heterocycles. The molecule has 0 saturated heterocycles. The Kier molecular flexibility index (Phi) is 4.47. The lowest BCUT2D eigenvalue weighted by atomic mass is 10.2. The van der Waals surface area contributed by atoms with Crippen molar-refractivity contribution in [2.45, 2.75) is 44.6 Å². The Labute approximate surface area is 106 Å². The van der Waals surface area contributed by atoms with Crippen molar-refractivity contribution in [1.29, 1.82) is 0 Å². The molecule has 0 aromatic carbocycles. The van der Waals surface area contributed by atoms with E-state index in [0.29, 0.717) is 6.42 Å². The second kappa shape index (κ2) is 5.49. The van der Waals surface area contributed by atoms with E-state index in [0.717, 1.165) is 6.42 Å². The summed E-state index contributed by atoms with van der Waals surface area (Å²) < 4.78 is 26.6. The number of aromatic carboxylic acids is 1. The first-order valence-corrected chi connectivity index (χ1v) is 7.08. The monoisotopic (exact) mass is 275 g/mol. The highest BCUT2D eigenvalue weighted by Crippen LogP contribution is 2.18. The second-order valence-electron chi connectivity index (χ2n) is 4.14. The van der Waals surface area contributed by atoms with E-state index in [4.69, 9.17) is 5.11 Å². The number of sulfonamides is 1. The molecule has 0 amide bonds. The first-order chi connectivity index (χ1) is 8.29. The molecule has 3 N–H and O–H groups in total. The van der Waals surface area contributed by atoms with Crippen molar-refractivity contribution >= 4 is 16.0 Å². The Hall–Kier alpha value is -1.41. The minimum absolute atomic E-state index is 0.212. The Morgan fingerprint density at radius 3 is 2.67 bits per heavy atom. The van der Waals surface area contributed by atoms with Crippen molar-refractivity contribution in [3.8, 4) is 0 Å². The maximum absolute atomic E-state index is 12.1. The topological polar surface area (TPSA) is 112 Å². The maximum Gasteiger partial charge on any atom is 0.357 e. The van der Waals surface area contributed by atoms with Crippen LogP contribution in [0.15, 0.2) is 4.90 Å². The molecular formula is C10H17N3O4S. The van der Waals surface area contributed by atoms with E-state index in [1.807, 2.05) is 6.92 Å². The number of carboxylic acids is 1. The molecule has 0 aliphatic heterocycles. The molecule has 0 spiro atoms. The van der Waals surface area contributed by atoms with E-state index in [2.05, 4.69) is 14.9 Å². The number of nitrogens with one attached hydrogen (secondary N) is 2. The lowest BCUT2D eigenvalue weighted by Crippen LogP contribution is -2.33. The summed E-state index contributed by atoms with van der Waals surface area (Å²) in [7, 11) is -3.87. The molecule has 1 rings (SSSR count). The van der Waals surface area contributed by atoms with Gasteiger partial charge in [0.1, 0.15) is 4.90 Å². The van der Waals surface area contributed by atoms with Crippen molar-refractivity contribution in [3.05, 3.63) is 11.4 Å². The third kappa shape index (κ3) is 3.08. The first kappa shape index (κ1) is 14.7. The van der Waals surface area contributed by atoms with Crippen molar-refractivity contribution in [2.75, 3.05) is 0 Å². The highest BCUT2D eigenvalue weighted by Gasteiger charge is 2.29. The van der Waals surface area contributed by atoms with Crippen LogP contribution in [0.25, 0.3) is 0 Å². The summed E-state index contributed by atoms with van der Waals surface area (Å²) in [6, 6.07) is -0.254. The lowest BCUT2D eigenvalue weighted by molar-refractivity contribution is 0.0686. The molecule has 0 aliphatic carbocycles. The van der Waals surface area contributed by atoms with Crippen LogP contribution in [-0.4, -0.2) is 35.7 Å². The summed E-state index contributed by atoms with van der Waals surface area (Å²) in [5.41, 5.74) is -0.271. The van der Waals surface area contributed by atoms with Crippen LogP contribution >= 0.6 is 0 Å². The van der Waals surface area contributed by atoms with Gasteiger partial charge in [0.05, 0.1) is 5.69 Å². The fraction of sp³-hybridized carbons (Fsp3) is 0.600. The summed E-state index contributed by atoms with van der Waals surface area (Å²) in [4.78, 5) is 10.6. The zero-order chi connectivity index (χ0) is 13.9. The number of aromatic nitrogens is 2. The average Bonchev–Trinajstić information content (AvgIpc) is 2.60. The minimum atomic E-state index is -3.87. The summed E-state index contributed by atoms with van der Waals surface area (Å²) >= 11 is 0. The van der Waals surface area contributed by atoms with Crippen LogP contribution in [-0.2, 0) is 10.0 Å². The van der Waals surface area contributed by atoms with Crippen LogP contribution < -0.4 is 4.72 Å². The summed E-state index contributed by atoms with van der Waals surface area (Å²) in [6.07, 6.45) is 1.51. The Bertz CT molecular complexity index is 535. The van der Waals surface area contributed by atoms with Gasteiger partial charge < -0.3 is 5.11 Å². The third-order valence-electron chi connectivity index (χ3n) is 2.44. The van der Waals surface area contributed by atoms with Crippen LogP contribution in [0.2, 0.25) is 0 Å². The highest BCUT2D eigenvalue weighted by atomic mass is 32.2. The van der Waals surface area contributed by atoms with E-state index in [-0.39, 0.29) is 16.6 Å². The van der Waals surface area contributed by atoms with Gasteiger partial charge in [0.15, 0.2) is 5.69 Å². The summed E-state index contributed by atoms with van der Waals surface area (Å²) in [6.45, 7) is 5.14. The molecule has 0 radical (unpaired) electrons. The lowest BCUT2D eigenvalue weighted by Gasteiger charge is -2.13. The van der Waals surface area contributed by atoms with Crippen LogP contribution in [0.5, 0.6) is 0 Å². The Balaban J connectivity index is 3.12. The van der Waals surface area contributed by atoms with Gasteiger partial charge in [-0.1, -0.05) is 13.3 Å². The van der Waals surface area contributed by atoms with Crippen molar-refractivity contribution in [2.24, 2.45) is 0 Å². The predicted molar refractivity (Wildman–Crippen MR) is 65.0 cm³/mol. The molecule has 8 heteroatoms. The minimum Gasteiger partial charge on any atom is -0.476 e. The van der Waals surface area contributed by atoms with Gasteiger partial charge in [0.25, 0.3) is 0 Å². The van der Waals surface area contributed by atoms with Gasteiger partial charge in [-0.15, -0.1) is 0 Å². The molecule has 1 heterocycles. The number of hydrogen-bond donors (Lipinski definition) is 3. The zero-order valence-electron chi connectivity index (χ0n) is 10.5. The van der Waals surface area contributed by atoms with Gasteiger partial charge >= 0.3 is 5.97 Å². The molecule has 1 atom stereocenters. The summed E-state index contributed by atoms with van der Waals surface area (Å²) in [5, 5.41) is 14.8. The van der Waals surface area contributed by atoms with Gasteiger partial charge in [-0.3, -0.25) is 5.10 Å². The largest absolute Gasteiger partial charge is 0.476 e. The van der Waals surface area contributed by atoms with E-state index >= 15 is 0 Å². The molecule has 0 aliphatic rings. The highest BCUT2D eigenvalue weighted by molar-refractivity contribution is 7.89. The van der Waals surface area contributed by atoms with E-state index < -0.39 is 21.7 Å². The van der Waals surface area contributed by atoms with Gasteiger partial charge in [0.2, 0.25) is 10.0 Å². The number of carboxylic acid groups (broad SMARTS) is 1. The quantitative estimate of drug-likeness (QED) is 0.713. The van der Waals surface area contributed by atoms with Crippen LogP contribution in [0.3, 0.4) is 0 Å². The molecule has 1 aromatic rings. The number of aromatic amines is 1. The van der Waals surface area contributed by atoms with Crippen molar-refractivity contribution in [3.63, 3.8) is 0 Å². The molecule has 0 fully saturated rings. The normalized spacial score (nSPS) is 13.5. The SMILES string of the molecule is CCCC(C)NS(=O)(=O)c1c(C(=O)O)n[nH]c1C. The zero-order valence-corrected chi connectivity index (χ0v) is 11.3. The Morgan fingerprint density at radius 2 is 2.17 bits per heavy atom. The van der Waals surface area contributed by atoms with E-state index in [9.17, 15) is 13.2 Å². The van der Waals surface area contributed by atoms with Crippen molar-refractivity contribution < 1.29 is 18.3 Å². The molecule has 18 heavy (non-hydrogen) atoms. The molecule has 7 nitrogen and oxygen atoms in total. The number of nitrogens with zero attached hydrogens (tertiary/aromatic N) is 1. The number of rotatable bonds is 6. The average molecular weight is 275 g/mol. The smallest absolute Gasteiger partial charge is 0.357 e. The number of H-pyrrole nitrogens is 1. The summed E-state index contributed by atoms with van der Waals surface area (Å²) in [5.74, 6) is -1.37. The predicted octanol–water partition coefficient (Wildman–Crippen LogP) is 0.883. The molecule has 0 bridgehead atoms. The van der Waals surface area contributed by atoms with Crippen LogP contribution in [0, 0.1) is 6.92 Å². The molecule has 102 valence electrons. The van der Waals surface area contributed by atoms with Crippen molar-refractivity contribution in [1.82, 2.24) is 14.9 Å². The fourth-order valence-corrected chi connectivity index (χ4v) is 3.31. The van der Waals surface area contributed by atoms with Gasteiger partial charge in [-0.05, 0) is 20.3 Å². The van der Waals surface area contributed by atoms with Gasteiger partial charge in [-0.2, -0.15) is 5.10 Å². The number of carbonyl (C=O) groups is 1. The standard InChI is InChI=1S/C10H17N3O4S/c1-4-5-6(2)13-18(16,17)9-7(3)11-12-8(9)10(14)15/h6,13H,4-5H2,1-3H3,(H,11,12)(H,14,15). The Morgan fingerprint density at radius 1 is 1.56 bits per heavy atom. The second-order valence-corrected chi connectivity index (χ2v) is 5.79.